The number of piperazine rings is 1. The van der Waals surface area contributed by atoms with Gasteiger partial charge in [-0.15, -0.1) is 11.3 Å². The molecule has 3 heterocycles. The molecule has 1 fully saturated rings. The van der Waals surface area contributed by atoms with E-state index < -0.39 is 0 Å². The van der Waals surface area contributed by atoms with E-state index in [1.54, 1.807) is 11.3 Å². The molecule has 0 saturated carbocycles. The number of hydrogen-bond donors (Lipinski definition) is 1. The standard InChI is InChI=1S/C14H19N5S/c1-18-4-6-19(7-5-18)14-16-11(10-15)9-12(17-14)13-3-2-8-20-13/h2-3,8-9H,4-7,10,15H2,1H3. The quantitative estimate of drug-likeness (QED) is 0.926. The van der Waals surface area contributed by atoms with Crippen molar-refractivity contribution in [1.82, 2.24) is 14.9 Å². The van der Waals surface area contributed by atoms with Gasteiger partial charge < -0.3 is 15.5 Å². The van der Waals surface area contributed by atoms with E-state index in [0.717, 1.165) is 48.4 Å². The van der Waals surface area contributed by atoms with Crippen molar-refractivity contribution in [3.63, 3.8) is 0 Å². The van der Waals surface area contributed by atoms with Crippen LogP contribution in [0.4, 0.5) is 5.95 Å². The summed E-state index contributed by atoms with van der Waals surface area (Å²) in [7, 11) is 2.14. The summed E-state index contributed by atoms with van der Waals surface area (Å²) >= 11 is 1.69. The molecule has 2 aromatic rings. The third-order valence-corrected chi connectivity index (χ3v) is 4.43. The van der Waals surface area contributed by atoms with Crippen molar-refractivity contribution in [2.75, 3.05) is 38.1 Å². The van der Waals surface area contributed by atoms with Crippen molar-refractivity contribution in [2.45, 2.75) is 6.54 Å². The first-order valence-corrected chi connectivity index (χ1v) is 7.69. The number of thiophene rings is 1. The number of nitrogens with two attached hydrogens (primary N) is 1. The van der Waals surface area contributed by atoms with Crippen LogP contribution in [0.2, 0.25) is 0 Å². The largest absolute Gasteiger partial charge is 0.338 e. The van der Waals surface area contributed by atoms with E-state index in [2.05, 4.69) is 33.3 Å². The van der Waals surface area contributed by atoms with Crippen LogP contribution in [-0.2, 0) is 6.54 Å². The maximum absolute atomic E-state index is 5.78. The van der Waals surface area contributed by atoms with Crippen LogP contribution >= 0.6 is 11.3 Å². The Hall–Kier alpha value is -1.50. The lowest BCUT2D eigenvalue weighted by Crippen LogP contribution is -2.45. The first-order chi connectivity index (χ1) is 9.76. The summed E-state index contributed by atoms with van der Waals surface area (Å²) in [6.07, 6.45) is 0. The van der Waals surface area contributed by atoms with Crippen LogP contribution in [0, 0.1) is 0 Å². The van der Waals surface area contributed by atoms with Crippen LogP contribution in [0.5, 0.6) is 0 Å². The van der Waals surface area contributed by atoms with Crippen LogP contribution in [0.25, 0.3) is 10.6 Å². The topological polar surface area (TPSA) is 58.3 Å². The molecule has 6 heteroatoms. The molecule has 3 rings (SSSR count). The van der Waals surface area contributed by atoms with Gasteiger partial charge in [0.05, 0.1) is 16.3 Å². The Morgan fingerprint density at radius 2 is 2.05 bits per heavy atom. The normalized spacial score (nSPS) is 16.6. The van der Waals surface area contributed by atoms with E-state index >= 15 is 0 Å². The van der Waals surface area contributed by atoms with Gasteiger partial charge in [0.1, 0.15) is 0 Å². The fourth-order valence-corrected chi connectivity index (χ4v) is 2.97. The van der Waals surface area contributed by atoms with E-state index in [1.165, 1.54) is 0 Å². The molecule has 1 aliphatic heterocycles. The minimum Gasteiger partial charge on any atom is -0.338 e. The number of hydrogen-bond acceptors (Lipinski definition) is 6. The van der Waals surface area contributed by atoms with Crippen LogP contribution in [0.1, 0.15) is 5.69 Å². The SMILES string of the molecule is CN1CCN(c2nc(CN)cc(-c3cccs3)n2)CC1. The number of rotatable bonds is 3. The van der Waals surface area contributed by atoms with E-state index in [-0.39, 0.29) is 0 Å². The van der Waals surface area contributed by atoms with Crippen molar-refractivity contribution in [2.24, 2.45) is 5.73 Å². The highest BCUT2D eigenvalue weighted by Gasteiger charge is 2.18. The Balaban J connectivity index is 1.92. The first kappa shape index (κ1) is 13.5. The molecule has 5 nitrogen and oxygen atoms in total. The third kappa shape index (κ3) is 2.82. The van der Waals surface area contributed by atoms with Gasteiger partial charge in [-0.3, -0.25) is 0 Å². The van der Waals surface area contributed by atoms with E-state index in [1.807, 2.05) is 12.1 Å². The van der Waals surface area contributed by atoms with Gasteiger partial charge in [0.2, 0.25) is 5.95 Å². The molecule has 0 amide bonds. The molecule has 0 unspecified atom stereocenters. The zero-order valence-corrected chi connectivity index (χ0v) is 12.4. The first-order valence-electron chi connectivity index (χ1n) is 6.81. The van der Waals surface area contributed by atoms with E-state index in [9.17, 15) is 0 Å². The van der Waals surface area contributed by atoms with Crippen LogP contribution in [0.15, 0.2) is 23.6 Å². The van der Waals surface area contributed by atoms with Crippen molar-refractivity contribution in [1.29, 1.82) is 0 Å². The van der Waals surface area contributed by atoms with E-state index in [0.29, 0.717) is 6.54 Å². The van der Waals surface area contributed by atoms with Gasteiger partial charge in [0.25, 0.3) is 0 Å². The average molecular weight is 289 g/mol. The third-order valence-electron chi connectivity index (χ3n) is 3.54. The summed E-state index contributed by atoms with van der Waals surface area (Å²) in [6.45, 7) is 4.47. The molecule has 2 aromatic heterocycles. The molecule has 0 atom stereocenters. The summed E-state index contributed by atoms with van der Waals surface area (Å²) < 4.78 is 0. The molecule has 0 aliphatic carbocycles. The molecule has 106 valence electrons. The molecule has 0 aromatic carbocycles. The van der Waals surface area contributed by atoms with Gasteiger partial charge in [-0.1, -0.05) is 6.07 Å². The fraction of sp³-hybridized carbons (Fsp3) is 0.429. The second-order valence-electron chi connectivity index (χ2n) is 5.02. The van der Waals surface area contributed by atoms with E-state index in [4.69, 9.17) is 10.7 Å². The summed E-state index contributed by atoms with van der Waals surface area (Å²) in [6, 6.07) is 6.12. The molecule has 0 spiro atoms. The Kier molecular flexibility index (Phi) is 3.95. The molecular formula is C14H19N5S. The Labute approximate surface area is 123 Å². The van der Waals surface area contributed by atoms with Crippen molar-refractivity contribution in [3.8, 4) is 10.6 Å². The summed E-state index contributed by atoms with van der Waals surface area (Å²) in [5, 5.41) is 2.06. The predicted molar refractivity (Wildman–Crippen MR) is 82.9 cm³/mol. The molecule has 0 radical (unpaired) electrons. The van der Waals surface area contributed by atoms with Crippen molar-refractivity contribution in [3.05, 3.63) is 29.3 Å². The second-order valence-corrected chi connectivity index (χ2v) is 5.96. The van der Waals surface area contributed by atoms with Crippen LogP contribution in [-0.4, -0.2) is 48.1 Å². The molecule has 0 bridgehead atoms. The smallest absolute Gasteiger partial charge is 0.226 e. The minimum atomic E-state index is 0.446. The maximum atomic E-state index is 5.78. The van der Waals surface area contributed by atoms with Crippen LogP contribution < -0.4 is 10.6 Å². The van der Waals surface area contributed by atoms with Gasteiger partial charge in [0.15, 0.2) is 0 Å². The lowest BCUT2D eigenvalue weighted by atomic mass is 10.2. The zero-order chi connectivity index (χ0) is 13.9. The van der Waals surface area contributed by atoms with Gasteiger partial charge in [0, 0.05) is 32.7 Å². The van der Waals surface area contributed by atoms with Gasteiger partial charge >= 0.3 is 0 Å². The van der Waals surface area contributed by atoms with Gasteiger partial charge in [-0.2, -0.15) is 0 Å². The lowest BCUT2D eigenvalue weighted by Gasteiger charge is -2.32. The van der Waals surface area contributed by atoms with Crippen molar-refractivity contribution >= 4 is 17.3 Å². The minimum absolute atomic E-state index is 0.446. The summed E-state index contributed by atoms with van der Waals surface area (Å²) in [5.41, 5.74) is 7.66. The maximum Gasteiger partial charge on any atom is 0.226 e. The van der Waals surface area contributed by atoms with Crippen LogP contribution in [0.3, 0.4) is 0 Å². The fourth-order valence-electron chi connectivity index (χ4n) is 2.29. The summed E-state index contributed by atoms with van der Waals surface area (Å²) in [5.74, 6) is 0.810. The van der Waals surface area contributed by atoms with Crippen molar-refractivity contribution < 1.29 is 0 Å². The Bertz CT molecular complexity index is 561. The number of likely N-dealkylation sites (N-methyl/N-ethyl adjacent to an activating group) is 1. The lowest BCUT2D eigenvalue weighted by molar-refractivity contribution is 0.311. The number of aromatic nitrogens is 2. The Morgan fingerprint density at radius 3 is 2.70 bits per heavy atom. The average Bonchev–Trinajstić information content (AvgIpc) is 3.02. The predicted octanol–water partition coefficient (Wildman–Crippen LogP) is 1.42. The summed E-state index contributed by atoms with van der Waals surface area (Å²) in [4.78, 5) is 15.0. The highest BCUT2D eigenvalue weighted by molar-refractivity contribution is 7.13. The highest BCUT2D eigenvalue weighted by atomic mass is 32.1. The molecular weight excluding hydrogens is 270 g/mol. The highest BCUT2D eigenvalue weighted by Crippen LogP contribution is 2.25. The van der Waals surface area contributed by atoms with Gasteiger partial charge in [-0.05, 0) is 24.6 Å². The number of anilines is 1. The molecule has 1 saturated heterocycles. The number of nitrogens with zero attached hydrogens (tertiary/aromatic N) is 4. The van der Waals surface area contributed by atoms with Gasteiger partial charge in [-0.25, -0.2) is 9.97 Å². The zero-order valence-electron chi connectivity index (χ0n) is 11.6. The Morgan fingerprint density at radius 1 is 1.25 bits per heavy atom. The second kappa shape index (κ2) is 5.87. The monoisotopic (exact) mass is 289 g/mol. The molecule has 1 aliphatic rings. The molecule has 20 heavy (non-hydrogen) atoms. The molecule has 2 N–H and O–H groups in total.